The van der Waals surface area contributed by atoms with E-state index in [2.05, 4.69) is 10.0 Å². The van der Waals surface area contributed by atoms with Crippen LogP contribution in [0.4, 0.5) is 17.1 Å². The smallest absolute Gasteiger partial charge is 0.262 e. The van der Waals surface area contributed by atoms with Crippen LogP contribution in [0.5, 0.6) is 0 Å². The van der Waals surface area contributed by atoms with Crippen molar-refractivity contribution in [2.24, 2.45) is 0 Å². The average molecular weight is 402 g/mol. The second kappa shape index (κ2) is 6.14. The highest BCUT2D eigenvalue weighted by Crippen LogP contribution is 2.38. The molecule has 27 heavy (non-hydrogen) atoms. The van der Waals surface area contributed by atoms with Crippen LogP contribution in [-0.4, -0.2) is 28.4 Å². The SMILES string of the molecule is CN(C)c1c(Cl)cccc1NS(=O)(=O)c1ccc2c3c(cccc13)C(=O)N2. The lowest BCUT2D eigenvalue weighted by molar-refractivity contribution is 0.103. The molecule has 0 aliphatic carbocycles. The van der Waals surface area contributed by atoms with E-state index in [1.54, 1.807) is 61.5 Å². The highest BCUT2D eigenvalue weighted by molar-refractivity contribution is 7.93. The van der Waals surface area contributed by atoms with Crippen molar-refractivity contribution in [3.8, 4) is 0 Å². The molecule has 1 aliphatic rings. The van der Waals surface area contributed by atoms with Gasteiger partial charge in [-0.1, -0.05) is 29.8 Å². The maximum Gasteiger partial charge on any atom is 0.262 e. The number of halogens is 1. The standard InChI is InChI=1S/C19H16ClN3O3S/c1-23(2)18-13(20)7-4-8-15(18)22-27(25,26)16-10-9-14-17-11(16)5-3-6-12(17)19(24)21-14/h3-10,22H,1-2H3,(H,21,24). The Hall–Kier alpha value is -2.77. The van der Waals surface area contributed by atoms with Crippen LogP contribution in [-0.2, 0) is 10.0 Å². The Bertz CT molecular complexity index is 1210. The molecule has 0 atom stereocenters. The largest absolute Gasteiger partial charge is 0.375 e. The molecule has 4 rings (SSSR count). The minimum absolute atomic E-state index is 0.101. The molecule has 0 saturated carbocycles. The van der Waals surface area contributed by atoms with Crippen LogP contribution in [0.2, 0.25) is 5.02 Å². The third kappa shape index (κ3) is 2.79. The molecule has 3 aromatic carbocycles. The molecule has 0 spiro atoms. The molecule has 1 heterocycles. The molecule has 0 fully saturated rings. The topological polar surface area (TPSA) is 78.5 Å². The fourth-order valence-corrected chi connectivity index (χ4v) is 4.96. The Morgan fingerprint density at radius 3 is 2.52 bits per heavy atom. The van der Waals surface area contributed by atoms with Crippen molar-refractivity contribution < 1.29 is 13.2 Å². The number of nitrogens with one attached hydrogen (secondary N) is 2. The van der Waals surface area contributed by atoms with E-state index < -0.39 is 10.0 Å². The van der Waals surface area contributed by atoms with Gasteiger partial charge in [0, 0.05) is 36.1 Å². The highest BCUT2D eigenvalue weighted by atomic mass is 35.5. The molecular weight excluding hydrogens is 386 g/mol. The number of rotatable bonds is 4. The number of anilines is 3. The van der Waals surface area contributed by atoms with Gasteiger partial charge in [0.05, 0.1) is 21.3 Å². The van der Waals surface area contributed by atoms with E-state index in [1.807, 2.05) is 0 Å². The normalized spacial score (nSPS) is 12.9. The zero-order chi connectivity index (χ0) is 19.3. The van der Waals surface area contributed by atoms with Gasteiger partial charge < -0.3 is 10.2 Å². The molecule has 1 amide bonds. The van der Waals surface area contributed by atoms with E-state index in [0.717, 1.165) is 0 Å². The minimum Gasteiger partial charge on any atom is -0.375 e. The average Bonchev–Trinajstić information content (AvgIpc) is 2.92. The zero-order valence-corrected chi connectivity index (χ0v) is 16.1. The van der Waals surface area contributed by atoms with Gasteiger partial charge in [0.2, 0.25) is 0 Å². The van der Waals surface area contributed by atoms with Crippen LogP contribution in [0.25, 0.3) is 10.8 Å². The highest BCUT2D eigenvalue weighted by Gasteiger charge is 2.27. The van der Waals surface area contributed by atoms with Crippen molar-refractivity contribution >= 4 is 55.4 Å². The lowest BCUT2D eigenvalue weighted by Gasteiger charge is -2.20. The van der Waals surface area contributed by atoms with E-state index in [-0.39, 0.29) is 10.8 Å². The molecule has 0 aromatic heterocycles. The monoisotopic (exact) mass is 401 g/mol. The zero-order valence-electron chi connectivity index (χ0n) is 14.6. The molecule has 2 N–H and O–H groups in total. The number of carbonyl (C=O) groups excluding carboxylic acids is 1. The van der Waals surface area contributed by atoms with Crippen molar-refractivity contribution in [3.05, 3.63) is 59.1 Å². The van der Waals surface area contributed by atoms with E-state index in [1.165, 1.54) is 6.07 Å². The Morgan fingerprint density at radius 2 is 1.78 bits per heavy atom. The van der Waals surface area contributed by atoms with Gasteiger partial charge in [-0.3, -0.25) is 9.52 Å². The maximum atomic E-state index is 13.1. The third-order valence-corrected chi connectivity index (χ3v) is 6.19. The maximum absolute atomic E-state index is 13.1. The van der Waals surface area contributed by atoms with Crippen LogP contribution in [0, 0.1) is 0 Å². The van der Waals surface area contributed by atoms with Crippen LogP contribution in [0.1, 0.15) is 10.4 Å². The molecule has 3 aromatic rings. The third-order valence-electron chi connectivity index (χ3n) is 4.46. The van der Waals surface area contributed by atoms with Gasteiger partial charge in [-0.05, 0) is 30.3 Å². The second-order valence-corrected chi connectivity index (χ2v) is 8.49. The first-order valence-corrected chi connectivity index (χ1v) is 10.0. The summed E-state index contributed by atoms with van der Waals surface area (Å²) < 4.78 is 28.9. The van der Waals surface area contributed by atoms with Gasteiger partial charge in [0.1, 0.15) is 0 Å². The summed E-state index contributed by atoms with van der Waals surface area (Å²) in [7, 11) is -0.336. The summed E-state index contributed by atoms with van der Waals surface area (Å²) in [5.74, 6) is -0.233. The molecule has 6 nitrogen and oxygen atoms in total. The van der Waals surface area contributed by atoms with Crippen molar-refractivity contribution in [1.82, 2.24) is 0 Å². The Kier molecular flexibility index (Phi) is 4.01. The number of benzene rings is 3. The van der Waals surface area contributed by atoms with Crippen molar-refractivity contribution in [2.45, 2.75) is 4.90 Å². The summed E-state index contributed by atoms with van der Waals surface area (Å²) in [5.41, 5.74) is 2.04. The number of hydrogen-bond donors (Lipinski definition) is 2. The van der Waals surface area contributed by atoms with Crippen LogP contribution in [0.15, 0.2) is 53.4 Å². The number of para-hydroxylation sites is 1. The summed E-state index contributed by atoms with van der Waals surface area (Å²) in [6, 6.07) is 13.2. The molecule has 0 unspecified atom stereocenters. The summed E-state index contributed by atoms with van der Waals surface area (Å²) in [6.07, 6.45) is 0. The molecule has 0 saturated heterocycles. The first kappa shape index (κ1) is 17.6. The summed E-state index contributed by atoms with van der Waals surface area (Å²) in [5, 5.41) is 4.30. The number of amides is 1. The fraction of sp³-hybridized carbons (Fsp3) is 0.105. The summed E-state index contributed by atoms with van der Waals surface area (Å²) in [6.45, 7) is 0. The number of hydrogen-bond acceptors (Lipinski definition) is 4. The van der Waals surface area contributed by atoms with Crippen molar-refractivity contribution in [3.63, 3.8) is 0 Å². The van der Waals surface area contributed by atoms with E-state index in [9.17, 15) is 13.2 Å². The van der Waals surface area contributed by atoms with Gasteiger partial charge in [0.15, 0.2) is 0 Å². The van der Waals surface area contributed by atoms with E-state index in [4.69, 9.17) is 11.6 Å². The number of carbonyl (C=O) groups is 1. The Morgan fingerprint density at radius 1 is 1.04 bits per heavy atom. The molecule has 8 heteroatoms. The van der Waals surface area contributed by atoms with E-state index >= 15 is 0 Å². The fourth-order valence-electron chi connectivity index (χ4n) is 3.35. The summed E-state index contributed by atoms with van der Waals surface area (Å²) >= 11 is 6.24. The van der Waals surface area contributed by atoms with Crippen molar-refractivity contribution in [1.29, 1.82) is 0 Å². The number of sulfonamides is 1. The molecule has 0 radical (unpaired) electrons. The van der Waals surface area contributed by atoms with Crippen LogP contribution in [0.3, 0.4) is 0 Å². The van der Waals surface area contributed by atoms with Gasteiger partial charge in [-0.15, -0.1) is 0 Å². The molecule has 138 valence electrons. The lowest BCUT2D eigenvalue weighted by atomic mass is 10.1. The first-order valence-electron chi connectivity index (χ1n) is 8.15. The number of nitrogens with zero attached hydrogens (tertiary/aromatic N) is 1. The van der Waals surface area contributed by atoms with Crippen molar-refractivity contribution in [2.75, 3.05) is 29.0 Å². The lowest BCUT2D eigenvalue weighted by Crippen LogP contribution is -2.17. The first-order chi connectivity index (χ1) is 12.8. The molecular formula is C19H16ClN3O3S. The van der Waals surface area contributed by atoms with Gasteiger partial charge in [0.25, 0.3) is 15.9 Å². The predicted molar refractivity (Wildman–Crippen MR) is 108 cm³/mol. The molecule has 1 aliphatic heterocycles. The second-order valence-electron chi connectivity index (χ2n) is 6.43. The quantitative estimate of drug-likeness (QED) is 0.694. The van der Waals surface area contributed by atoms with E-state index in [0.29, 0.717) is 38.4 Å². The van der Waals surface area contributed by atoms with Crippen LogP contribution < -0.4 is 14.9 Å². The van der Waals surface area contributed by atoms with Gasteiger partial charge >= 0.3 is 0 Å². The predicted octanol–water partition coefficient (Wildman–Crippen LogP) is 3.93. The van der Waals surface area contributed by atoms with Crippen LogP contribution >= 0.6 is 11.6 Å². The van der Waals surface area contributed by atoms with Gasteiger partial charge in [-0.25, -0.2) is 8.42 Å². The minimum atomic E-state index is -3.91. The molecule has 0 bridgehead atoms. The Labute approximate surface area is 161 Å². The van der Waals surface area contributed by atoms with Gasteiger partial charge in [-0.2, -0.15) is 0 Å². The Balaban J connectivity index is 1.87. The summed E-state index contributed by atoms with van der Waals surface area (Å²) in [4.78, 5) is 13.9.